The average molecular weight is 393 g/mol. The summed E-state index contributed by atoms with van der Waals surface area (Å²) in [6.45, 7) is 2.81. The Morgan fingerprint density at radius 2 is 1.90 bits per heavy atom. The van der Waals surface area contributed by atoms with Gasteiger partial charge in [-0.05, 0) is 55.5 Å². The van der Waals surface area contributed by atoms with Crippen LogP contribution < -0.4 is 10.1 Å². The van der Waals surface area contributed by atoms with Gasteiger partial charge >= 0.3 is 0 Å². The van der Waals surface area contributed by atoms with Crippen molar-refractivity contribution in [2.24, 2.45) is 5.92 Å². The molecule has 2 fully saturated rings. The topological polar surface area (TPSA) is 41.6 Å². The number of amides is 1. The Hall–Kier alpha value is -2.33. The van der Waals surface area contributed by atoms with Crippen molar-refractivity contribution in [2.75, 3.05) is 20.2 Å². The molecular weight excluding hydrogens is 360 g/mol. The van der Waals surface area contributed by atoms with Crippen molar-refractivity contribution >= 4 is 5.91 Å². The molecule has 0 bridgehead atoms. The fourth-order valence-corrected chi connectivity index (χ4v) is 4.78. The van der Waals surface area contributed by atoms with Crippen LogP contribution in [0.4, 0.5) is 0 Å². The number of para-hydroxylation sites is 1. The van der Waals surface area contributed by atoms with Crippen LogP contribution in [0.25, 0.3) is 11.1 Å². The van der Waals surface area contributed by atoms with E-state index in [1.165, 1.54) is 24.0 Å². The molecule has 154 valence electrons. The number of nitrogens with zero attached hydrogens (tertiary/aromatic N) is 1. The summed E-state index contributed by atoms with van der Waals surface area (Å²) in [5.74, 6) is 1.29. The van der Waals surface area contributed by atoms with Crippen molar-refractivity contribution in [3.05, 3.63) is 54.1 Å². The van der Waals surface area contributed by atoms with Gasteiger partial charge in [0.25, 0.3) is 0 Å². The lowest BCUT2D eigenvalue weighted by molar-refractivity contribution is -0.127. The number of piperidine rings is 1. The van der Waals surface area contributed by atoms with Crippen molar-refractivity contribution in [1.82, 2.24) is 10.2 Å². The van der Waals surface area contributed by atoms with Gasteiger partial charge in [-0.2, -0.15) is 0 Å². The van der Waals surface area contributed by atoms with Gasteiger partial charge in [-0.1, -0.05) is 49.2 Å². The molecule has 1 aliphatic carbocycles. The minimum Gasteiger partial charge on any atom is -0.496 e. The highest BCUT2D eigenvalue weighted by Crippen LogP contribution is 2.30. The van der Waals surface area contributed by atoms with Crippen molar-refractivity contribution in [3.63, 3.8) is 0 Å². The van der Waals surface area contributed by atoms with Crippen molar-refractivity contribution in [1.29, 1.82) is 0 Å². The van der Waals surface area contributed by atoms with Gasteiger partial charge in [0.1, 0.15) is 5.75 Å². The summed E-state index contributed by atoms with van der Waals surface area (Å²) in [5.41, 5.74) is 3.57. The summed E-state index contributed by atoms with van der Waals surface area (Å²) >= 11 is 0. The fourth-order valence-electron chi connectivity index (χ4n) is 4.78. The lowest BCUT2D eigenvalue weighted by Gasteiger charge is -2.32. The predicted molar refractivity (Wildman–Crippen MR) is 117 cm³/mol. The molecule has 1 unspecified atom stereocenters. The SMILES string of the molecule is COc1ccccc1-c1cccc(CN2CCCC(C(=O)NC3CCCC3)C2)c1. The summed E-state index contributed by atoms with van der Waals surface area (Å²) in [6.07, 6.45) is 6.91. The second-order valence-electron chi connectivity index (χ2n) is 8.46. The predicted octanol–water partition coefficient (Wildman–Crippen LogP) is 4.63. The highest BCUT2D eigenvalue weighted by molar-refractivity contribution is 5.79. The third-order valence-corrected chi connectivity index (χ3v) is 6.33. The summed E-state index contributed by atoms with van der Waals surface area (Å²) in [5, 5.41) is 3.30. The van der Waals surface area contributed by atoms with Crippen LogP contribution in [-0.4, -0.2) is 37.0 Å². The Morgan fingerprint density at radius 1 is 1.07 bits per heavy atom. The molecule has 0 aromatic heterocycles. The molecular formula is C25H32N2O2. The van der Waals surface area contributed by atoms with Crippen LogP contribution >= 0.6 is 0 Å². The van der Waals surface area contributed by atoms with Gasteiger partial charge < -0.3 is 10.1 Å². The van der Waals surface area contributed by atoms with Gasteiger partial charge in [0, 0.05) is 24.7 Å². The quantitative estimate of drug-likeness (QED) is 0.779. The van der Waals surface area contributed by atoms with E-state index in [0.29, 0.717) is 6.04 Å². The van der Waals surface area contributed by atoms with Crippen LogP contribution in [0.3, 0.4) is 0 Å². The lowest BCUT2D eigenvalue weighted by Crippen LogP contribution is -2.45. The zero-order valence-corrected chi connectivity index (χ0v) is 17.4. The van der Waals surface area contributed by atoms with Crippen molar-refractivity contribution in [2.45, 2.75) is 51.1 Å². The first-order valence-electron chi connectivity index (χ1n) is 11.0. The first-order valence-corrected chi connectivity index (χ1v) is 11.0. The largest absolute Gasteiger partial charge is 0.496 e. The molecule has 29 heavy (non-hydrogen) atoms. The maximum Gasteiger partial charge on any atom is 0.224 e. The van der Waals surface area contributed by atoms with E-state index in [1.54, 1.807) is 7.11 Å². The smallest absolute Gasteiger partial charge is 0.224 e. The van der Waals surface area contributed by atoms with Gasteiger partial charge in [-0.3, -0.25) is 9.69 Å². The number of ether oxygens (including phenoxy) is 1. The second kappa shape index (κ2) is 9.45. The van der Waals surface area contributed by atoms with Gasteiger partial charge in [0.05, 0.1) is 13.0 Å². The number of hydrogen-bond donors (Lipinski definition) is 1. The number of rotatable bonds is 6. The van der Waals surface area contributed by atoms with Gasteiger partial charge in [-0.15, -0.1) is 0 Å². The third-order valence-electron chi connectivity index (χ3n) is 6.33. The normalized spacial score (nSPS) is 20.5. The van der Waals surface area contributed by atoms with Crippen molar-refractivity contribution in [3.8, 4) is 16.9 Å². The molecule has 4 rings (SSSR count). The number of likely N-dealkylation sites (tertiary alicyclic amines) is 1. The summed E-state index contributed by atoms with van der Waals surface area (Å²) in [4.78, 5) is 15.1. The maximum atomic E-state index is 12.7. The van der Waals surface area contributed by atoms with Gasteiger partial charge in [-0.25, -0.2) is 0 Å². The number of hydrogen-bond acceptors (Lipinski definition) is 3. The molecule has 1 aliphatic heterocycles. The Morgan fingerprint density at radius 3 is 2.72 bits per heavy atom. The molecule has 2 aliphatic rings. The van der Waals surface area contributed by atoms with Gasteiger partial charge in [0.2, 0.25) is 5.91 Å². The number of nitrogens with one attached hydrogen (secondary N) is 1. The fraction of sp³-hybridized carbons (Fsp3) is 0.480. The Balaban J connectivity index is 1.40. The summed E-state index contributed by atoms with van der Waals surface area (Å²) in [7, 11) is 1.72. The summed E-state index contributed by atoms with van der Waals surface area (Å²) < 4.78 is 5.53. The van der Waals surface area contributed by atoms with Gasteiger partial charge in [0.15, 0.2) is 0 Å². The maximum absolute atomic E-state index is 12.7. The number of carbonyl (C=O) groups is 1. The Kier molecular flexibility index (Phi) is 6.50. The monoisotopic (exact) mass is 392 g/mol. The highest BCUT2D eigenvalue weighted by atomic mass is 16.5. The van der Waals surface area contributed by atoms with E-state index in [-0.39, 0.29) is 11.8 Å². The van der Waals surface area contributed by atoms with Crippen LogP contribution in [0.15, 0.2) is 48.5 Å². The molecule has 1 amide bonds. The number of benzene rings is 2. The van der Waals surface area contributed by atoms with Crippen LogP contribution in [0.1, 0.15) is 44.1 Å². The highest BCUT2D eigenvalue weighted by Gasteiger charge is 2.28. The minimum atomic E-state index is 0.127. The van der Waals surface area contributed by atoms with Crippen LogP contribution in [0.2, 0.25) is 0 Å². The Labute approximate surface area is 174 Å². The first kappa shape index (κ1) is 20.0. The molecule has 1 saturated heterocycles. The van der Waals surface area contributed by atoms with E-state index in [2.05, 4.69) is 40.5 Å². The van der Waals surface area contributed by atoms with E-state index in [9.17, 15) is 4.79 Å². The van der Waals surface area contributed by atoms with E-state index < -0.39 is 0 Å². The average Bonchev–Trinajstić information content (AvgIpc) is 3.27. The van der Waals surface area contributed by atoms with E-state index in [4.69, 9.17) is 4.74 Å². The molecule has 0 radical (unpaired) electrons. The molecule has 1 atom stereocenters. The van der Waals surface area contributed by atoms with Crippen LogP contribution in [-0.2, 0) is 11.3 Å². The minimum absolute atomic E-state index is 0.127. The van der Waals surface area contributed by atoms with Crippen LogP contribution in [0, 0.1) is 5.92 Å². The molecule has 1 saturated carbocycles. The zero-order chi connectivity index (χ0) is 20.1. The number of carbonyl (C=O) groups excluding carboxylic acids is 1. The molecule has 2 aromatic carbocycles. The number of methoxy groups -OCH3 is 1. The van der Waals surface area contributed by atoms with Crippen molar-refractivity contribution < 1.29 is 9.53 Å². The molecule has 4 heteroatoms. The molecule has 0 spiro atoms. The zero-order valence-electron chi connectivity index (χ0n) is 17.4. The third kappa shape index (κ3) is 4.99. The second-order valence-corrected chi connectivity index (χ2v) is 8.46. The van der Waals surface area contributed by atoms with E-state index in [1.807, 2.05) is 18.2 Å². The van der Waals surface area contributed by atoms with E-state index >= 15 is 0 Å². The summed E-state index contributed by atoms with van der Waals surface area (Å²) in [6, 6.07) is 17.2. The Bertz CT molecular complexity index is 829. The first-order chi connectivity index (χ1) is 14.2. The van der Waals surface area contributed by atoms with E-state index in [0.717, 1.165) is 56.6 Å². The van der Waals surface area contributed by atoms with Crippen LogP contribution in [0.5, 0.6) is 5.75 Å². The molecule has 2 aromatic rings. The molecule has 4 nitrogen and oxygen atoms in total. The lowest BCUT2D eigenvalue weighted by atomic mass is 9.95. The molecule has 1 N–H and O–H groups in total. The molecule has 1 heterocycles. The standard InChI is InChI=1S/C25H32N2O2/c1-29-24-14-5-4-13-23(24)20-9-6-8-19(16-20)17-27-15-7-10-21(18-27)25(28)26-22-11-2-3-12-22/h4-6,8-9,13-14,16,21-22H,2-3,7,10-12,15,17-18H2,1H3,(H,26,28).